The van der Waals surface area contributed by atoms with E-state index >= 15 is 0 Å². The van der Waals surface area contributed by atoms with E-state index in [-0.39, 0.29) is 23.9 Å². The molecule has 2 bridgehead atoms. The smallest absolute Gasteiger partial charge is 0.165 e. The van der Waals surface area contributed by atoms with Gasteiger partial charge >= 0.3 is 0 Å². The van der Waals surface area contributed by atoms with Crippen LogP contribution >= 0.6 is 0 Å². The number of piperidine rings is 1. The number of nitrogens with one attached hydrogen (secondary N) is 1. The van der Waals surface area contributed by atoms with Gasteiger partial charge in [-0.25, -0.2) is 0 Å². The number of ether oxygens (including phenoxy) is 1. The largest absolute Gasteiger partial charge is 0.504 e. The van der Waals surface area contributed by atoms with Crippen LogP contribution in [0.1, 0.15) is 57.1 Å². The number of hydrogen-bond donors (Lipinski definition) is 3. The molecular weight excluding hydrogens is 364 g/mol. The Kier molecular flexibility index (Phi) is 3.89. The fourth-order valence-electron chi connectivity index (χ4n) is 7.08. The average molecular weight is 399 g/mol. The second-order valence-corrected chi connectivity index (χ2v) is 10.7. The topological polar surface area (TPSA) is 65.0 Å². The molecule has 0 unspecified atom stereocenters. The van der Waals surface area contributed by atoms with E-state index in [1.807, 2.05) is 0 Å². The van der Waals surface area contributed by atoms with Crippen LogP contribution in [0.5, 0.6) is 11.5 Å². The molecule has 5 heteroatoms. The molecule has 0 radical (unpaired) electrons. The zero-order valence-electron chi connectivity index (χ0n) is 17.7. The Balaban J connectivity index is 1.46. The van der Waals surface area contributed by atoms with Gasteiger partial charge in [0.2, 0.25) is 0 Å². The highest BCUT2D eigenvalue weighted by Gasteiger charge is 2.72. The summed E-state index contributed by atoms with van der Waals surface area (Å²) in [6.45, 7) is 7.56. The van der Waals surface area contributed by atoms with Gasteiger partial charge in [0.15, 0.2) is 11.5 Å². The van der Waals surface area contributed by atoms with Crippen molar-refractivity contribution in [3.05, 3.63) is 23.3 Å². The molecule has 3 N–H and O–H groups in total. The van der Waals surface area contributed by atoms with Gasteiger partial charge in [-0.2, -0.15) is 0 Å². The lowest BCUT2D eigenvalue weighted by Crippen LogP contribution is -2.78. The van der Waals surface area contributed by atoms with Crippen molar-refractivity contribution in [1.29, 1.82) is 0 Å². The number of likely N-dealkylation sites (tertiary alicyclic amines) is 1. The molecule has 3 fully saturated rings. The molecule has 5 atom stereocenters. The molecule has 1 aromatic carbocycles. The van der Waals surface area contributed by atoms with Gasteiger partial charge in [-0.05, 0) is 75.1 Å². The minimum absolute atomic E-state index is 0.104. The van der Waals surface area contributed by atoms with Crippen molar-refractivity contribution in [3.8, 4) is 11.5 Å². The van der Waals surface area contributed by atoms with E-state index < -0.39 is 11.0 Å². The molecule has 0 amide bonds. The summed E-state index contributed by atoms with van der Waals surface area (Å²) in [5, 5.41) is 26.8. The molecule has 2 saturated carbocycles. The molecule has 29 heavy (non-hydrogen) atoms. The van der Waals surface area contributed by atoms with Crippen LogP contribution in [0.25, 0.3) is 0 Å². The SMILES string of the molecule is CC(C)CN[C@H]1CC[C@@]2(O)[C@@H]3Cc4ccc(O)c5c4[C@@]2(CCN3CC2CC2)[C@H]1O5. The maximum atomic E-state index is 12.4. The van der Waals surface area contributed by atoms with Crippen LogP contribution in [0.15, 0.2) is 12.1 Å². The summed E-state index contributed by atoms with van der Waals surface area (Å²) >= 11 is 0. The fourth-order valence-corrected chi connectivity index (χ4v) is 7.08. The van der Waals surface area contributed by atoms with Crippen LogP contribution in [-0.4, -0.2) is 58.5 Å². The van der Waals surface area contributed by atoms with Gasteiger partial charge in [-0.15, -0.1) is 0 Å². The van der Waals surface area contributed by atoms with Crippen molar-refractivity contribution in [2.24, 2.45) is 11.8 Å². The quantitative estimate of drug-likeness (QED) is 0.712. The Bertz CT molecular complexity index is 838. The summed E-state index contributed by atoms with van der Waals surface area (Å²) < 4.78 is 6.56. The molecule has 1 saturated heterocycles. The first-order valence-electron chi connectivity index (χ1n) is 11.7. The Morgan fingerprint density at radius 2 is 2.07 bits per heavy atom. The lowest BCUT2D eigenvalue weighted by Gasteiger charge is -2.64. The highest BCUT2D eigenvalue weighted by atomic mass is 16.5. The van der Waals surface area contributed by atoms with Gasteiger partial charge in [0.25, 0.3) is 0 Å². The molecule has 1 spiro atoms. The summed E-state index contributed by atoms with van der Waals surface area (Å²) in [5.74, 6) is 2.28. The first-order chi connectivity index (χ1) is 13.9. The number of nitrogens with zero attached hydrogens (tertiary/aromatic N) is 1. The molecule has 5 aliphatic rings. The number of rotatable bonds is 5. The predicted octanol–water partition coefficient (Wildman–Crippen LogP) is 2.57. The minimum atomic E-state index is -0.771. The maximum absolute atomic E-state index is 12.4. The number of hydrogen-bond acceptors (Lipinski definition) is 5. The highest BCUT2D eigenvalue weighted by molar-refractivity contribution is 5.62. The highest BCUT2D eigenvalue weighted by Crippen LogP contribution is 2.65. The molecule has 1 aromatic rings. The monoisotopic (exact) mass is 398 g/mol. The average Bonchev–Trinajstić information content (AvgIpc) is 3.42. The van der Waals surface area contributed by atoms with E-state index in [1.165, 1.54) is 18.4 Å². The zero-order valence-corrected chi connectivity index (χ0v) is 17.7. The van der Waals surface area contributed by atoms with Crippen molar-refractivity contribution in [2.75, 3.05) is 19.6 Å². The summed E-state index contributed by atoms with van der Waals surface area (Å²) in [6.07, 6.45) is 6.10. The second kappa shape index (κ2) is 6.12. The fraction of sp³-hybridized carbons (Fsp3) is 0.750. The third-order valence-electron chi connectivity index (χ3n) is 8.55. The Morgan fingerprint density at radius 3 is 2.83 bits per heavy atom. The van der Waals surface area contributed by atoms with Crippen LogP contribution in [0, 0.1) is 11.8 Å². The lowest BCUT2D eigenvalue weighted by molar-refractivity contribution is -0.191. The van der Waals surface area contributed by atoms with Crippen LogP contribution in [0.3, 0.4) is 0 Å². The van der Waals surface area contributed by atoms with Crippen molar-refractivity contribution < 1.29 is 14.9 Å². The maximum Gasteiger partial charge on any atom is 0.165 e. The van der Waals surface area contributed by atoms with Crippen molar-refractivity contribution >= 4 is 0 Å². The number of aliphatic hydroxyl groups is 1. The standard InChI is InChI=1S/C24H34N2O3/c1-14(2)12-25-17-7-8-24(28)19-11-16-5-6-18(27)21-20(16)23(24,22(17)29-21)9-10-26(19)13-15-3-4-15/h5-6,14-15,17,19,22,25,27-28H,3-4,7-13H2,1-2H3/t17-,19-,22-,23-,24+/m0/s1. The number of benzene rings is 1. The van der Waals surface area contributed by atoms with E-state index in [9.17, 15) is 10.2 Å². The van der Waals surface area contributed by atoms with Crippen LogP contribution in [0.4, 0.5) is 0 Å². The summed E-state index contributed by atoms with van der Waals surface area (Å²) in [4.78, 5) is 2.59. The predicted molar refractivity (Wildman–Crippen MR) is 111 cm³/mol. The lowest BCUT2D eigenvalue weighted by atomic mass is 9.48. The summed E-state index contributed by atoms with van der Waals surface area (Å²) in [7, 11) is 0. The molecule has 3 aliphatic carbocycles. The molecular formula is C24H34N2O3. The number of aromatic hydroxyl groups is 1. The van der Waals surface area contributed by atoms with Crippen molar-refractivity contribution in [1.82, 2.24) is 10.2 Å². The van der Waals surface area contributed by atoms with E-state index in [0.717, 1.165) is 56.8 Å². The number of phenols is 1. The molecule has 2 aliphatic heterocycles. The first-order valence-corrected chi connectivity index (χ1v) is 11.7. The third-order valence-corrected chi connectivity index (χ3v) is 8.55. The van der Waals surface area contributed by atoms with Gasteiger partial charge in [-0.1, -0.05) is 19.9 Å². The molecule has 2 heterocycles. The van der Waals surface area contributed by atoms with Gasteiger partial charge in [0.05, 0.1) is 11.0 Å². The van der Waals surface area contributed by atoms with Crippen LogP contribution < -0.4 is 10.1 Å². The van der Waals surface area contributed by atoms with Gasteiger partial charge < -0.3 is 20.3 Å². The van der Waals surface area contributed by atoms with Gasteiger partial charge in [-0.3, -0.25) is 4.90 Å². The van der Waals surface area contributed by atoms with E-state index in [0.29, 0.717) is 11.7 Å². The van der Waals surface area contributed by atoms with Gasteiger partial charge in [0.1, 0.15) is 6.10 Å². The van der Waals surface area contributed by atoms with E-state index in [1.54, 1.807) is 6.07 Å². The zero-order chi connectivity index (χ0) is 20.0. The normalized spacial score (nSPS) is 40.1. The minimum Gasteiger partial charge on any atom is -0.504 e. The third kappa shape index (κ3) is 2.38. The first kappa shape index (κ1) is 18.5. The van der Waals surface area contributed by atoms with Gasteiger partial charge in [0, 0.05) is 24.2 Å². The molecule has 0 aromatic heterocycles. The Labute approximate surface area is 173 Å². The Morgan fingerprint density at radius 1 is 1.24 bits per heavy atom. The number of phenolic OH excluding ortho intramolecular Hbond substituents is 1. The van der Waals surface area contributed by atoms with Crippen molar-refractivity contribution in [3.63, 3.8) is 0 Å². The van der Waals surface area contributed by atoms with Crippen LogP contribution in [0.2, 0.25) is 0 Å². The summed E-state index contributed by atoms with van der Waals surface area (Å²) in [5.41, 5.74) is 1.24. The van der Waals surface area contributed by atoms with E-state index in [2.05, 4.69) is 30.1 Å². The summed E-state index contributed by atoms with van der Waals surface area (Å²) in [6, 6.07) is 4.26. The van der Waals surface area contributed by atoms with Crippen LogP contribution in [-0.2, 0) is 11.8 Å². The molecule has 6 rings (SSSR count). The molecule has 158 valence electrons. The second-order valence-electron chi connectivity index (χ2n) is 10.7. The molecule has 5 nitrogen and oxygen atoms in total. The van der Waals surface area contributed by atoms with E-state index in [4.69, 9.17) is 4.74 Å². The Hall–Kier alpha value is -1.30. The van der Waals surface area contributed by atoms with Crippen molar-refractivity contribution in [2.45, 2.75) is 81.6 Å².